The van der Waals surface area contributed by atoms with Gasteiger partial charge in [0.05, 0.1) is 0 Å². The monoisotopic (exact) mass is 188 g/mol. The van der Waals surface area contributed by atoms with Gasteiger partial charge in [-0.3, -0.25) is 0 Å². The van der Waals surface area contributed by atoms with Crippen molar-refractivity contribution >= 4 is 0 Å². The van der Waals surface area contributed by atoms with Crippen LogP contribution in [0, 0.1) is 5.92 Å². The predicted octanol–water partition coefficient (Wildman–Crippen LogP) is 0.986. The Balaban J connectivity index is 3.12. The van der Waals surface area contributed by atoms with E-state index < -0.39 is 0 Å². The molecular formula is C10H24N2O. The van der Waals surface area contributed by atoms with Crippen LogP contribution < -0.4 is 11.1 Å². The molecule has 0 spiro atoms. The Kier molecular flexibility index (Phi) is 8.40. The molecule has 3 nitrogen and oxygen atoms in total. The van der Waals surface area contributed by atoms with Crippen LogP contribution in [0.3, 0.4) is 0 Å². The number of rotatable bonds is 8. The molecular weight excluding hydrogens is 164 g/mol. The summed E-state index contributed by atoms with van der Waals surface area (Å²) in [5.41, 5.74) is 5.90. The molecule has 0 aliphatic heterocycles. The summed E-state index contributed by atoms with van der Waals surface area (Å²) < 4.78 is 4.94. The molecule has 0 fully saturated rings. The van der Waals surface area contributed by atoms with E-state index >= 15 is 0 Å². The van der Waals surface area contributed by atoms with Gasteiger partial charge in [0.2, 0.25) is 0 Å². The van der Waals surface area contributed by atoms with Crippen molar-refractivity contribution in [3.05, 3.63) is 0 Å². The Morgan fingerprint density at radius 3 is 2.62 bits per heavy atom. The van der Waals surface area contributed by atoms with Gasteiger partial charge in [-0.2, -0.15) is 0 Å². The summed E-state index contributed by atoms with van der Waals surface area (Å²) in [6, 6.07) is 0.294. The van der Waals surface area contributed by atoms with Crippen molar-refractivity contribution in [2.24, 2.45) is 11.7 Å². The first-order valence-electron chi connectivity index (χ1n) is 5.12. The highest BCUT2D eigenvalue weighted by Gasteiger charge is 2.03. The van der Waals surface area contributed by atoms with Gasteiger partial charge < -0.3 is 15.8 Å². The lowest BCUT2D eigenvalue weighted by molar-refractivity contribution is 0.194. The van der Waals surface area contributed by atoms with Gasteiger partial charge in [-0.15, -0.1) is 0 Å². The number of ether oxygens (including phenoxy) is 1. The highest BCUT2D eigenvalue weighted by atomic mass is 16.5. The van der Waals surface area contributed by atoms with Crippen molar-refractivity contribution in [3.8, 4) is 0 Å². The molecule has 0 aromatic carbocycles. The fourth-order valence-corrected chi connectivity index (χ4v) is 1.32. The van der Waals surface area contributed by atoms with E-state index in [1.165, 1.54) is 0 Å². The Hall–Kier alpha value is -0.120. The maximum absolute atomic E-state index is 5.90. The molecule has 0 saturated heterocycles. The quantitative estimate of drug-likeness (QED) is 0.558. The summed E-state index contributed by atoms with van der Waals surface area (Å²) in [4.78, 5) is 0. The highest BCUT2D eigenvalue weighted by molar-refractivity contribution is 4.66. The van der Waals surface area contributed by atoms with Gasteiger partial charge in [0.15, 0.2) is 0 Å². The molecule has 0 bridgehead atoms. The van der Waals surface area contributed by atoms with Crippen molar-refractivity contribution in [1.82, 2.24) is 5.32 Å². The molecule has 0 heterocycles. The van der Waals surface area contributed by atoms with Gasteiger partial charge >= 0.3 is 0 Å². The molecule has 0 radical (unpaired) electrons. The second-order valence-electron chi connectivity index (χ2n) is 3.94. The van der Waals surface area contributed by atoms with E-state index in [1.807, 2.05) is 0 Å². The number of nitrogens with one attached hydrogen (secondary N) is 1. The normalized spacial score (nSPS) is 13.6. The molecule has 0 saturated carbocycles. The largest absolute Gasteiger partial charge is 0.385 e. The van der Waals surface area contributed by atoms with E-state index in [0.29, 0.717) is 12.0 Å². The molecule has 1 unspecified atom stereocenters. The first kappa shape index (κ1) is 12.9. The van der Waals surface area contributed by atoms with E-state index in [2.05, 4.69) is 19.2 Å². The second kappa shape index (κ2) is 8.48. The second-order valence-corrected chi connectivity index (χ2v) is 3.94. The first-order chi connectivity index (χ1) is 6.16. The lowest BCUT2D eigenvalue weighted by Crippen LogP contribution is -2.35. The van der Waals surface area contributed by atoms with Crippen LogP contribution in [0.2, 0.25) is 0 Å². The molecule has 0 aliphatic carbocycles. The number of hydrogen-bond acceptors (Lipinski definition) is 3. The molecule has 1 atom stereocenters. The molecule has 0 aromatic heterocycles. The van der Waals surface area contributed by atoms with E-state index in [1.54, 1.807) is 7.11 Å². The maximum Gasteiger partial charge on any atom is 0.0474 e. The van der Waals surface area contributed by atoms with Crippen molar-refractivity contribution < 1.29 is 4.74 Å². The van der Waals surface area contributed by atoms with Gasteiger partial charge in [0.1, 0.15) is 0 Å². The Labute approximate surface area is 82.0 Å². The van der Waals surface area contributed by atoms with Crippen LogP contribution >= 0.6 is 0 Å². The topological polar surface area (TPSA) is 47.3 Å². The van der Waals surface area contributed by atoms with E-state index in [9.17, 15) is 0 Å². The van der Waals surface area contributed by atoms with Crippen LogP contribution in [0.15, 0.2) is 0 Å². The van der Waals surface area contributed by atoms with Gasteiger partial charge in [0.25, 0.3) is 0 Å². The van der Waals surface area contributed by atoms with Crippen molar-refractivity contribution in [1.29, 1.82) is 0 Å². The van der Waals surface area contributed by atoms with E-state index in [0.717, 1.165) is 32.5 Å². The molecule has 80 valence electrons. The maximum atomic E-state index is 5.90. The molecule has 3 N–H and O–H groups in total. The zero-order valence-corrected chi connectivity index (χ0v) is 9.18. The van der Waals surface area contributed by atoms with Crippen LogP contribution in [-0.4, -0.2) is 32.8 Å². The molecule has 0 aliphatic rings. The average Bonchev–Trinajstić information content (AvgIpc) is 2.02. The summed E-state index contributed by atoms with van der Waals surface area (Å²) in [6.45, 7) is 7.14. The fraction of sp³-hybridized carbons (Fsp3) is 1.00. The SMILES string of the molecule is COCCCNCC(N)CC(C)C. The third-order valence-electron chi connectivity index (χ3n) is 1.88. The van der Waals surface area contributed by atoms with Crippen LogP contribution in [0.4, 0.5) is 0 Å². The van der Waals surface area contributed by atoms with E-state index in [-0.39, 0.29) is 0 Å². The lowest BCUT2D eigenvalue weighted by atomic mass is 10.0. The Morgan fingerprint density at radius 1 is 1.38 bits per heavy atom. The Morgan fingerprint density at radius 2 is 2.08 bits per heavy atom. The third kappa shape index (κ3) is 9.80. The molecule has 13 heavy (non-hydrogen) atoms. The summed E-state index contributed by atoms with van der Waals surface area (Å²) in [5, 5.41) is 3.32. The number of hydrogen-bond donors (Lipinski definition) is 2. The van der Waals surface area contributed by atoms with Gasteiger partial charge in [-0.1, -0.05) is 13.8 Å². The fourth-order valence-electron chi connectivity index (χ4n) is 1.32. The van der Waals surface area contributed by atoms with E-state index in [4.69, 9.17) is 10.5 Å². The standard InChI is InChI=1S/C10H24N2O/c1-9(2)7-10(11)8-12-5-4-6-13-3/h9-10,12H,4-8,11H2,1-3H3. The zero-order valence-electron chi connectivity index (χ0n) is 9.18. The number of nitrogens with two attached hydrogens (primary N) is 1. The molecule has 3 heteroatoms. The summed E-state index contributed by atoms with van der Waals surface area (Å²) in [5.74, 6) is 0.691. The molecule has 0 aromatic rings. The average molecular weight is 188 g/mol. The third-order valence-corrected chi connectivity index (χ3v) is 1.88. The predicted molar refractivity (Wildman–Crippen MR) is 56.8 cm³/mol. The summed E-state index contributed by atoms with van der Waals surface area (Å²) >= 11 is 0. The minimum atomic E-state index is 0.294. The van der Waals surface area contributed by atoms with Crippen LogP contribution in [-0.2, 0) is 4.74 Å². The number of methoxy groups -OCH3 is 1. The summed E-state index contributed by atoms with van der Waals surface area (Å²) in [7, 11) is 1.73. The van der Waals surface area contributed by atoms with Gasteiger partial charge in [-0.05, 0) is 25.3 Å². The van der Waals surface area contributed by atoms with Crippen LogP contribution in [0.25, 0.3) is 0 Å². The van der Waals surface area contributed by atoms with Gasteiger partial charge in [-0.25, -0.2) is 0 Å². The minimum absolute atomic E-state index is 0.294. The lowest BCUT2D eigenvalue weighted by Gasteiger charge is -2.14. The Bertz CT molecular complexity index is 107. The van der Waals surface area contributed by atoms with Crippen LogP contribution in [0.1, 0.15) is 26.7 Å². The highest BCUT2D eigenvalue weighted by Crippen LogP contribution is 2.01. The summed E-state index contributed by atoms with van der Waals surface area (Å²) in [6.07, 6.45) is 2.15. The first-order valence-corrected chi connectivity index (χ1v) is 5.12. The van der Waals surface area contributed by atoms with Crippen molar-refractivity contribution in [2.45, 2.75) is 32.7 Å². The molecule has 0 rings (SSSR count). The van der Waals surface area contributed by atoms with Crippen molar-refractivity contribution in [3.63, 3.8) is 0 Å². The smallest absolute Gasteiger partial charge is 0.0474 e. The van der Waals surface area contributed by atoms with Crippen LogP contribution in [0.5, 0.6) is 0 Å². The molecule has 0 amide bonds. The van der Waals surface area contributed by atoms with Crippen molar-refractivity contribution in [2.75, 3.05) is 26.8 Å². The van der Waals surface area contributed by atoms with Gasteiger partial charge in [0, 0.05) is 26.3 Å². The minimum Gasteiger partial charge on any atom is -0.385 e. The zero-order chi connectivity index (χ0) is 10.1.